The lowest BCUT2D eigenvalue weighted by Gasteiger charge is -2.54. The quantitative estimate of drug-likeness (QED) is 0.663. The lowest BCUT2D eigenvalue weighted by molar-refractivity contribution is -0.0954. The van der Waals surface area contributed by atoms with Gasteiger partial charge in [0.2, 0.25) is 0 Å². The summed E-state index contributed by atoms with van der Waals surface area (Å²) >= 11 is 0. The smallest absolute Gasteiger partial charge is 0.0159 e. The van der Waals surface area contributed by atoms with Crippen molar-refractivity contribution in [2.45, 2.75) is 26.2 Å². The maximum Gasteiger partial charge on any atom is 0.0159 e. The molecule has 3 heteroatoms. The zero-order valence-corrected chi connectivity index (χ0v) is 10.8. The molecule has 16 heavy (non-hydrogen) atoms. The van der Waals surface area contributed by atoms with Crippen LogP contribution in [0.4, 0.5) is 0 Å². The fraction of sp³-hybridized carbons (Fsp3) is 1.00. The molecule has 3 saturated heterocycles. The van der Waals surface area contributed by atoms with Crippen molar-refractivity contribution in [3.63, 3.8) is 0 Å². The summed E-state index contributed by atoms with van der Waals surface area (Å²) in [6, 6.07) is 0. The van der Waals surface area contributed by atoms with Crippen LogP contribution in [0, 0.1) is 11.3 Å². The third kappa shape index (κ3) is 1.89. The second-order valence-corrected chi connectivity index (χ2v) is 6.43. The summed E-state index contributed by atoms with van der Waals surface area (Å²) in [5, 5.41) is 5.24. The van der Waals surface area contributed by atoms with Crippen LogP contribution in [-0.4, -0.2) is 61.2 Å². The molecular weight excluding hydrogens is 198 g/mol. The Morgan fingerprint density at radius 1 is 1.00 bits per heavy atom. The second kappa shape index (κ2) is 3.97. The fourth-order valence-corrected chi connectivity index (χ4v) is 3.84. The Morgan fingerprint density at radius 3 is 2.19 bits per heavy atom. The van der Waals surface area contributed by atoms with E-state index in [0.29, 0.717) is 5.41 Å². The molecule has 3 rings (SSSR count). The number of hydrogen-bond donors (Lipinski definition) is 0. The molecule has 0 radical (unpaired) electrons. The van der Waals surface area contributed by atoms with Crippen molar-refractivity contribution in [3.8, 4) is 0 Å². The first-order chi connectivity index (χ1) is 7.67. The first kappa shape index (κ1) is 11.0. The van der Waals surface area contributed by atoms with Crippen molar-refractivity contribution < 1.29 is 0 Å². The van der Waals surface area contributed by atoms with E-state index < -0.39 is 0 Å². The van der Waals surface area contributed by atoms with Crippen molar-refractivity contribution in [1.82, 2.24) is 14.9 Å². The second-order valence-electron chi connectivity index (χ2n) is 6.43. The van der Waals surface area contributed by atoms with Crippen LogP contribution in [0.1, 0.15) is 26.2 Å². The molecule has 3 nitrogen and oxygen atoms in total. The molecule has 3 aliphatic rings. The maximum atomic E-state index is 2.63. The maximum absolute atomic E-state index is 2.63. The van der Waals surface area contributed by atoms with Gasteiger partial charge < -0.3 is 4.90 Å². The van der Waals surface area contributed by atoms with E-state index in [0.717, 1.165) is 5.92 Å². The SMILES string of the molecule is CC1CCN(N2CCC3(CC2)CN(C)C3)C1. The molecule has 0 aromatic heterocycles. The van der Waals surface area contributed by atoms with E-state index in [4.69, 9.17) is 0 Å². The number of rotatable bonds is 1. The summed E-state index contributed by atoms with van der Waals surface area (Å²) in [5.74, 6) is 0.908. The largest absolute Gasteiger partial charge is 0.305 e. The summed E-state index contributed by atoms with van der Waals surface area (Å²) in [6.45, 7) is 10.3. The number of nitrogens with zero attached hydrogens (tertiary/aromatic N) is 3. The molecule has 1 unspecified atom stereocenters. The first-order valence-corrected chi connectivity index (χ1v) is 6.85. The van der Waals surface area contributed by atoms with E-state index in [-0.39, 0.29) is 0 Å². The van der Waals surface area contributed by atoms with Gasteiger partial charge >= 0.3 is 0 Å². The van der Waals surface area contributed by atoms with Gasteiger partial charge in [-0.05, 0) is 37.6 Å². The average Bonchev–Trinajstić information content (AvgIpc) is 2.64. The van der Waals surface area contributed by atoms with Crippen LogP contribution in [-0.2, 0) is 0 Å². The number of hydrogen-bond acceptors (Lipinski definition) is 3. The van der Waals surface area contributed by atoms with E-state index in [1.807, 2.05) is 0 Å². The zero-order chi connectivity index (χ0) is 11.2. The molecule has 0 aromatic rings. The molecule has 1 atom stereocenters. The minimum Gasteiger partial charge on any atom is -0.305 e. The molecule has 1 spiro atoms. The number of piperidine rings is 1. The minimum atomic E-state index is 0.705. The third-order valence-corrected chi connectivity index (χ3v) is 4.81. The van der Waals surface area contributed by atoms with Crippen LogP contribution in [0.2, 0.25) is 0 Å². The van der Waals surface area contributed by atoms with Gasteiger partial charge in [-0.15, -0.1) is 0 Å². The molecule has 0 amide bonds. The molecular formula is C13H25N3. The lowest BCUT2D eigenvalue weighted by atomic mass is 9.72. The fourth-order valence-electron chi connectivity index (χ4n) is 3.84. The molecule has 0 aliphatic carbocycles. The van der Waals surface area contributed by atoms with E-state index in [9.17, 15) is 0 Å². The lowest BCUT2D eigenvalue weighted by Crippen LogP contribution is -2.60. The Balaban J connectivity index is 1.51. The van der Waals surface area contributed by atoms with Crippen LogP contribution in [0.15, 0.2) is 0 Å². The minimum absolute atomic E-state index is 0.705. The normalized spacial score (nSPS) is 36.8. The summed E-state index contributed by atoms with van der Waals surface area (Å²) in [6.07, 6.45) is 4.23. The molecule has 0 aromatic carbocycles. The van der Waals surface area contributed by atoms with Crippen LogP contribution in [0.25, 0.3) is 0 Å². The van der Waals surface area contributed by atoms with E-state index in [2.05, 4.69) is 28.9 Å². The third-order valence-electron chi connectivity index (χ3n) is 4.81. The van der Waals surface area contributed by atoms with Gasteiger partial charge in [-0.1, -0.05) is 6.92 Å². The van der Waals surface area contributed by atoms with Crippen LogP contribution >= 0.6 is 0 Å². The molecule has 3 heterocycles. The number of likely N-dealkylation sites (tertiary alicyclic amines) is 1. The predicted octanol–water partition coefficient (Wildman–Crippen LogP) is 1.27. The Bertz CT molecular complexity index is 250. The van der Waals surface area contributed by atoms with Gasteiger partial charge in [0.15, 0.2) is 0 Å². The van der Waals surface area contributed by atoms with Crippen molar-refractivity contribution in [2.75, 3.05) is 46.3 Å². The van der Waals surface area contributed by atoms with Crippen molar-refractivity contribution in [2.24, 2.45) is 11.3 Å². The molecule has 0 N–H and O–H groups in total. The Morgan fingerprint density at radius 2 is 1.69 bits per heavy atom. The summed E-state index contributed by atoms with van der Waals surface area (Å²) in [5.41, 5.74) is 0.705. The van der Waals surface area contributed by atoms with Gasteiger partial charge in [0.05, 0.1) is 0 Å². The van der Waals surface area contributed by atoms with Crippen molar-refractivity contribution in [3.05, 3.63) is 0 Å². The Hall–Kier alpha value is -0.120. The first-order valence-electron chi connectivity index (χ1n) is 6.85. The van der Waals surface area contributed by atoms with Crippen LogP contribution in [0.5, 0.6) is 0 Å². The van der Waals surface area contributed by atoms with Gasteiger partial charge in [-0.3, -0.25) is 0 Å². The Labute approximate surface area is 99.4 Å². The highest BCUT2D eigenvalue weighted by Gasteiger charge is 2.44. The molecule has 3 aliphatic heterocycles. The van der Waals surface area contributed by atoms with E-state index in [1.165, 1.54) is 58.5 Å². The highest BCUT2D eigenvalue weighted by molar-refractivity contribution is 4.96. The highest BCUT2D eigenvalue weighted by atomic mass is 15.6. The highest BCUT2D eigenvalue weighted by Crippen LogP contribution is 2.40. The summed E-state index contributed by atoms with van der Waals surface area (Å²) in [4.78, 5) is 2.47. The summed E-state index contributed by atoms with van der Waals surface area (Å²) in [7, 11) is 2.25. The van der Waals surface area contributed by atoms with E-state index in [1.54, 1.807) is 0 Å². The molecule has 0 bridgehead atoms. The van der Waals surface area contributed by atoms with Gasteiger partial charge in [0, 0.05) is 39.3 Å². The van der Waals surface area contributed by atoms with Crippen LogP contribution in [0.3, 0.4) is 0 Å². The van der Waals surface area contributed by atoms with Crippen molar-refractivity contribution >= 4 is 0 Å². The molecule has 92 valence electrons. The standard InChI is InChI=1S/C13H25N3/c1-12-3-6-16(9-12)15-7-4-13(5-8-15)10-14(2)11-13/h12H,3-11H2,1-2H3. The van der Waals surface area contributed by atoms with Gasteiger partial charge in [-0.25, -0.2) is 10.0 Å². The molecule has 3 fully saturated rings. The van der Waals surface area contributed by atoms with Crippen LogP contribution < -0.4 is 0 Å². The zero-order valence-electron chi connectivity index (χ0n) is 10.8. The summed E-state index contributed by atoms with van der Waals surface area (Å²) < 4.78 is 0. The monoisotopic (exact) mass is 223 g/mol. The van der Waals surface area contributed by atoms with E-state index >= 15 is 0 Å². The van der Waals surface area contributed by atoms with Crippen molar-refractivity contribution in [1.29, 1.82) is 0 Å². The predicted molar refractivity (Wildman–Crippen MR) is 66.1 cm³/mol. The van der Waals surface area contributed by atoms with Gasteiger partial charge in [-0.2, -0.15) is 0 Å². The van der Waals surface area contributed by atoms with Gasteiger partial charge in [0.25, 0.3) is 0 Å². The Kier molecular flexibility index (Phi) is 2.73. The average molecular weight is 223 g/mol. The topological polar surface area (TPSA) is 9.72 Å². The molecule has 0 saturated carbocycles. The number of hydrazine groups is 1. The van der Waals surface area contributed by atoms with Gasteiger partial charge in [0.1, 0.15) is 0 Å².